The van der Waals surface area contributed by atoms with Crippen LogP contribution in [0.15, 0.2) is 71.7 Å². The Morgan fingerprint density at radius 1 is 0.902 bits per heavy atom. The maximum absolute atomic E-state index is 16.6. The highest BCUT2D eigenvalue weighted by Gasteiger charge is 2.50. The lowest BCUT2D eigenvalue weighted by Gasteiger charge is -2.28. The van der Waals surface area contributed by atoms with Crippen molar-refractivity contribution in [1.29, 1.82) is 0 Å². The Hall–Kier alpha value is -4.68. The van der Waals surface area contributed by atoms with Crippen molar-refractivity contribution in [3.8, 4) is 5.75 Å². The molecule has 0 aliphatic carbocycles. The van der Waals surface area contributed by atoms with Crippen molar-refractivity contribution < 1.29 is 60.9 Å². The van der Waals surface area contributed by atoms with E-state index >= 15 is 4.39 Å². The molecule has 1 unspecified atom stereocenters. The predicted molar refractivity (Wildman–Crippen MR) is 224 cm³/mol. The lowest BCUT2D eigenvalue weighted by Crippen LogP contribution is -2.45. The number of nitrogens with one attached hydrogen (secondary N) is 1. The Kier molecular flexibility index (Phi) is 16.1. The van der Waals surface area contributed by atoms with Gasteiger partial charge in [-0.3, -0.25) is 13.9 Å². The highest BCUT2D eigenvalue weighted by Crippen LogP contribution is 2.50. The molecule has 0 spiro atoms. The summed E-state index contributed by atoms with van der Waals surface area (Å²) in [6.07, 6.45) is -6.37. The number of amides is 2. The Labute approximate surface area is 362 Å². The SMILES string of the molecule is C[C@H](NP(=O)(OC[C@H]1S[C@@H](n2ccc(N(C(=O)OC(C)(C)C)C(=O)OC(C)(C)C)nc2=O)[C@@H](F)[C@@H]1OC(=O)OC(C)(C)C)Oc1ccc(Cl)cc1)C(=O)OCc1ccccc1. The number of hydrogen-bond donors (Lipinski definition) is 1. The third-order valence-corrected chi connectivity index (χ3v) is 11.2. The molecule has 0 radical (unpaired) electrons. The van der Waals surface area contributed by atoms with Gasteiger partial charge in [-0.15, -0.1) is 11.8 Å². The second-order valence-electron chi connectivity index (χ2n) is 16.6. The lowest BCUT2D eigenvalue weighted by molar-refractivity contribution is -0.146. The Bertz CT molecular complexity index is 2100. The molecule has 21 heteroatoms. The number of ether oxygens (including phenoxy) is 5. The third-order valence-electron chi connectivity index (χ3n) is 7.74. The molecule has 0 saturated carbocycles. The first kappa shape index (κ1) is 49.0. The number of imide groups is 1. The summed E-state index contributed by atoms with van der Waals surface area (Å²) >= 11 is 6.79. The fraction of sp³-hybridized carbons (Fsp3) is 0.500. The largest absolute Gasteiger partial charge is 0.509 e. The van der Waals surface area contributed by atoms with Crippen molar-refractivity contribution in [2.45, 2.75) is 122 Å². The van der Waals surface area contributed by atoms with E-state index in [4.69, 9.17) is 44.3 Å². The first-order valence-electron chi connectivity index (χ1n) is 18.9. The molecule has 6 atom stereocenters. The van der Waals surface area contributed by atoms with Crippen molar-refractivity contribution in [3.63, 3.8) is 0 Å². The van der Waals surface area contributed by atoms with E-state index in [2.05, 4.69) is 10.1 Å². The molecule has 334 valence electrons. The summed E-state index contributed by atoms with van der Waals surface area (Å²) in [5.41, 5.74) is -3.57. The van der Waals surface area contributed by atoms with Crippen LogP contribution in [0.5, 0.6) is 5.75 Å². The van der Waals surface area contributed by atoms with Gasteiger partial charge in [0.05, 0.1) is 11.9 Å². The zero-order valence-corrected chi connectivity index (χ0v) is 37.9. The number of alkyl halides is 1. The molecule has 4 rings (SSSR count). The smallest absolute Gasteiger partial charge is 0.460 e. The number of aromatic nitrogens is 2. The monoisotopic (exact) mass is 912 g/mol. The van der Waals surface area contributed by atoms with Crippen molar-refractivity contribution in [2.75, 3.05) is 11.5 Å². The van der Waals surface area contributed by atoms with Crippen LogP contribution >= 0.6 is 31.1 Å². The van der Waals surface area contributed by atoms with Crippen LogP contribution < -0.4 is 20.2 Å². The molecule has 3 aromatic rings. The average molecular weight is 913 g/mol. The maximum Gasteiger partial charge on any atom is 0.509 e. The van der Waals surface area contributed by atoms with Gasteiger partial charge in [0.25, 0.3) is 0 Å². The van der Waals surface area contributed by atoms with Crippen LogP contribution in [0.25, 0.3) is 0 Å². The van der Waals surface area contributed by atoms with E-state index in [9.17, 15) is 28.5 Å². The predicted octanol–water partition coefficient (Wildman–Crippen LogP) is 8.77. The van der Waals surface area contributed by atoms with Gasteiger partial charge in [-0.05, 0) is 105 Å². The van der Waals surface area contributed by atoms with Gasteiger partial charge in [-0.2, -0.15) is 15.0 Å². The summed E-state index contributed by atoms with van der Waals surface area (Å²) in [5.74, 6) is -1.26. The topological polar surface area (TPSA) is 200 Å². The molecule has 61 heavy (non-hydrogen) atoms. The van der Waals surface area contributed by atoms with Gasteiger partial charge >= 0.3 is 37.7 Å². The van der Waals surface area contributed by atoms with E-state index < -0.39 is 95.9 Å². The second kappa shape index (κ2) is 20.0. The number of esters is 1. The van der Waals surface area contributed by atoms with Gasteiger partial charge in [0, 0.05) is 11.2 Å². The van der Waals surface area contributed by atoms with E-state index in [-0.39, 0.29) is 12.4 Å². The minimum absolute atomic E-state index is 0.0245. The quantitative estimate of drug-likeness (QED) is 0.0968. The van der Waals surface area contributed by atoms with Gasteiger partial charge in [-0.1, -0.05) is 41.9 Å². The molecular weight excluding hydrogens is 862 g/mol. The average Bonchev–Trinajstić information content (AvgIpc) is 3.42. The Morgan fingerprint density at radius 2 is 1.48 bits per heavy atom. The molecule has 1 fully saturated rings. The number of thioether (sulfide) groups is 1. The van der Waals surface area contributed by atoms with Crippen LogP contribution in [0.4, 0.5) is 24.6 Å². The standard InChI is InChI=1S/C40H51ClFN4O13PS/c1-24(33(47)53-22-25-14-12-11-13-15-25)44-60(52,59-27-18-16-26(41)17-19-27)54-23-28-31(55-37(51)58-40(8,9)10)30(42)32(61-28)45-21-20-29(43-34(45)48)46(35(49)56-38(2,3)4)36(50)57-39(5,6)7/h11-21,24,28,30-32H,22-23H2,1-10H3,(H,44,52)/t24-,28+,30-,31+,32+,60?/m0/s1. The number of rotatable bonds is 13. The number of benzene rings is 2. The molecule has 2 aromatic carbocycles. The molecule has 1 N–H and O–H groups in total. The van der Waals surface area contributed by atoms with Gasteiger partial charge in [-0.25, -0.2) is 28.1 Å². The second-order valence-corrected chi connectivity index (χ2v) is 20.1. The highest BCUT2D eigenvalue weighted by atomic mass is 35.5. The first-order valence-corrected chi connectivity index (χ1v) is 21.8. The summed E-state index contributed by atoms with van der Waals surface area (Å²) in [5, 5.41) is 0.223. The lowest BCUT2D eigenvalue weighted by atomic mass is 10.1. The van der Waals surface area contributed by atoms with Crippen LogP contribution in [0.3, 0.4) is 0 Å². The minimum atomic E-state index is -4.57. The molecule has 2 amide bonds. The molecule has 1 aliphatic heterocycles. The first-order chi connectivity index (χ1) is 28.2. The summed E-state index contributed by atoms with van der Waals surface area (Å²) in [4.78, 5) is 70.3. The van der Waals surface area contributed by atoms with Gasteiger partial charge in [0.1, 0.15) is 40.6 Å². The zero-order valence-electron chi connectivity index (χ0n) is 35.4. The molecule has 0 bridgehead atoms. The van der Waals surface area contributed by atoms with E-state index in [1.54, 1.807) is 92.6 Å². The highest BCUT2D eigenvalue weighted by molar-refractivity contribution is 8.00. The number of carbonyl (C=O) groups excluding carboxylic acids is 4. The zero-order chi connectivity index (χ0) is 45.5. The van der Waals surface area contributed by atoms with E-state index in [0.717, 1.165) is 28.6 Å². The van der Waals surface area contributed by atoms with Crippen LogP contribution in [0, 0.1) is 0 Å². The molecule has 1 saturated heterocycles. The van der Waals surface area contributed by atoms with Crippen LogP contribution in [0.1, 0.15) is 80.2 Å². The Balaban J connectivity index is 1.65. The van der Waals surface area contributed by atoms with Crippen LogP contribution in [0.2, 0.25) is 5.02 Å². The van der Waals surface area contributed by atoms with Gasteiger partial charge in [0.2, 0.25) is 0 Å². The summed E-state index contributed by atoms with van der Waals surface area (Å²) in [7, 11) is -4.57. The number of anilines is 1. The van der Waals surface area contributed by atoms with Gasteiger partial charge < -0.3 is 28.2 Å². The fourth-order valence-electron chi connectivity index (χ4n) is 5.22. The van der Waals surface area contributed by atoms with Gasteiger partial charge in [0.15, 0.2) is 18.1 Å². The number of carbonyl (C=O) groups is 4. The van der Waals surface area contributed by atoms with Crippen molar-refractivity contribution >= 4 is 61.2 Å². The van der Waals surface area contributed by atoms with E-state index in [1.807, 2.05) is 0 Å². The minimum Gasteiger partial charge on any atom is -0.460 e. The molecule has 1 aliphatic rings. The van der Waals surface area contributed by atoms with Crippen LogP contribution in [-0.4, -0.2) is 80.8 Å². The Morgan fingerprint density at radius 3 is 2.02 bits per heavy atom. The third kappa shape index (κ3) is 15.0. The maximum atomic E-state index is 16.6. The molecule has 17 nitrogen and oxygen atoms in total. The van der Waals surface area contributed by atoms with E-state index in [0.29, 0.717) is 15.5 Å². The molecule has 2 heterocycles. The summed E-state index contributed by atoms with van der Waals surface area (Å²) in [6, 6.07) is 14.4. The number of halogens is 2. The number of hydrogen-bond acceptors (Lipinski definition) is 15. The summed E-state index contributed by atoms with van der Waals surface area (Å²) in [6.45, 7) is 14.8. The number of nitrogens with zero attached hydrogens (tertiary/aromatic N) is 3. The fourth-order valence-corrected chi connectivity index (χ4v) is 8.42. The van der Waals surface area contributed by atoms with Crippen molar-refractivity contribution in [3.05, 3.63) is 87.9 Å². The molecule has 1 aromatic heterocycles. The molecular formula is C40H51ClFN4O13PS. The van der Waals surface area contributed by atoms with Crippen molar-refractivity contribution in [1.82, 2.24) is 14.6 Å². The van der Waals surface area contributed by atoms with E-state index in [1.165, 1.54) is 31.2 Å². The summed E-state index contributed by atoms with van der Waals surface area (Å²) < 4.78 is 70.4. The normalized spacial score (nSPS) is 19.5. The van der Waals surface area contributed by atoms with Crippen LogP contribution in [-0.2, 0) is 44.2 Å². The van der Waals surface area contributed by atoms with Crippen molar-refractivity contribution in [2.24, 2.45) is 0 Å².